The van der Waals surface area contributed by atoms with E-state index in [-0.39, 0.29) is 18.0 Å². The van der Waals surface area contributed by atoms with Crippen molar-refractivity contribution in [3.63, 3.8) is 0 Å². The minimum atomic E-state index is 0.115. The highest BCUT2D eigenvalue weighted by molar-refractivity contribution is 5.75. The third-order valence-electron chi connectivity index (χ3n) is 5.94. The third kappa shape index (κ3) is 5.20. The fourth-order valence-electron chi connectivity index (χ4n) is 4.07. The summed E-state index contributed by atoms with van der Waals surface area (Å²) in [5.74, 6) is 1.92. The van der Waals surface area contributed by atoms with Crippen molar-refractivity contribution < 1.29 is 9.47 Å². The van der Waals surface area contributed by atoms with Crippen molar-refractivity contribution >= 4 is 11.9 Å². The Balaban J connectivity index is 1.29. The van der Waals surface area contributed by atoms with E-state index >= 15 is 0 Å². The van der Waals surface area contributed by atoms with Gasteiger partial charge in [0.15, 0.2) is 11.9 Å². The van der Waals surface area contributed by atoms with Gasteiger partial charge in [-0.05, 0) is 47.4 Å². The van der Waals surface area contributed by atoms with E-state index in [0.29, 0.717) is 13.2 Å². The second kappa shape index (κ2) is 9.16. The van der Waals surface area contributed by atoms with Gasteiger partial charge in [-0.3, -0.25) is 10.8 Å². The quantitative estimate of drug-likeness (QED) is 0.433. The summed E-state index contributed by atoms with van der Waals surface area (Å²) < 4.78 is 12.1. The second-order valence-electron chi connectivity index (χ2n) is 8.11. The Morgan fingerprint density at radius 2 is 1.55 bits per heavy atom. The predicted octanol–water partition coefficient (Wildman–Crippen LogP) is 2.25. The van der Waals surface area contributed by atoms with Gasteiger partial charge in [-0.25, -0.2) is 0 Å². The molecule has 0 amide bonds. The molecule has 8 heteroatoms. The first-order valence-electron chi connectivity index (χ1n) is 10.7. The molecule has 2 aromatic rings. The van der Waals surface area contributed by atoms with Crippen LogP contribution >= 0.6 is 0 Å². The molecule has 2 aromatic carbocycles. The summed E-state index contributed by atoms with van der Waals surface area (Å²) in [6, 6.07) is 14.2. The molecule has 2 aliphatic rings. The molecule has 0 unspecified atom stereocenters. The van der Waals surface area contributed by atoms with Crippen LogP contribution in [0.3, 0.4) is 0 Å². The van der Waals surface area contributed by atoms with Crippen molar-refractivity contribution in [3.8, 4) is 11.5 Å². The maximum Gasteiger partial charge on any atom is 0.188 e. The van der Waals surface area contributed by atoms with Crippen molar-refractivity contribution in [2.24, 2.45) is 11.5 Å². The van der Waals surface area contributed by atoms with Gasteiger partial charge in [0.2, 0.25) is 0 Å². The van der Waals surface area contributed by atoms with Gasteiger partial charge in [-0.2, -0.15) is 0 Å². The number of benzene rings is 2. The SMILES string of the molecule is N=C(N)N1CCC(Oc2ccc(COc3ccc4c(c3)CN(C(=N)N)CC4)cc2)CC1. The second-order valence-corrected chi connectivity index (χ2v) is 8.11. The van der Waals surface area contributed by atoms with Crippen molar-refractivity contribution in [2.45, 2.75) is 38.5 Å². The topological polar surface area (TPSA) is 125 Å². The number of nitrogens with two attached hydrogens (primary N) is 2. The Kier molecular flexibility index (Phi) is 6.16. The Labute approximate surface area is 182 Å². The standard InChI is InChI=1S/C23H30N6O2/c24-22(25)28-11-8-20(9-12-28)31-19-4-1-16(2-5-19)15-30-21-6-3-17-7-10-29(23(26)27)14-18(17)13-21/h1-6,13,20H,7-12,14-15H2,(H3,24,25)(H3,26,27). The molecule has 6 N–H and O–H groups in total. The molecule has 1 fully saturated rings. The molecule has 0 atom stereocenters. The van der Waals surface area contributed by atoms with Crippen LogP contribution in [0.2, 0.25) is 0 Å². The summed E-state index contributed by atoms with van der Waals surface area (Å²) in [5, 5.41) is 15.2. The Morgan fingerprint density at radius 1 is 0.871 bits per heavy atom. The van der Waals surface area contributed by atoms with Gasteiger partial charge in [0, 0.05) is 39.0 Å². The molecule has 0 aliphatic carbocycles. The zero-order valence-electron chi connectivity index (χ0n) is 17.6. The molecule has 1 saturated heterocycles. The van der Waals surface area contributed by atoms with Crippen LogP contribution < -0.4 is 20.9 Å². The third-order valence-corrected chi connectivity index (χ3v) is 5.94. The lowest BCUT2D eigenvalue weighted by Gasteiger charge is -2.32. The van der Waals surface area contributed by atoms with Gasteiger partial charge in [0.25, 0.3) is 0 Å². The molecular weight excluding hydrogens is 392 g/mol. The molecule has 0 bridgehead atoms. The lowest BCUT2D eigenvalue weighted by molar-refractivity contribution is 0.130. The van der Waals surface area contributed by atoms with Crippen LogP contribution in [0.15, 0.2) is 42.5 Å². The van der Waals surface area contributed by atoms with Crippen LogP contribution in [-0.4, -0.2) is 47.5 Å². The van der Waals surface area contributed by atoms with Gasteiger partial charge < -0.3 is 30.7 Å². The number of hydrogen-bond acceptors (Lipinski definition) is 4. The van der Waals surface area contributed by atoms with Gasteiger partial charge in [0.05, 0.1) is 0 Å². The first-order valence-corrected chi connectivity index (χ1v) is 10.7. The summed E-state index contributed by atoms with van der Waals surface area (Å²) in [4.78, 5) is 3.74. The minimum Gasteiger partial charge on any atom is -0.490 e. The fourth-order valence-corrected chi connectivity index (χ4v) is 4.07. The highest BCUT2D eigenvalue weighted by Gasteiger charge is 2.21. The largest absolute Gasteiger partial charge is 0.490 e. The van der Waals surface area contributed by atoms with Crippen LogP contribution in [0.5, 0.6) is 11.5 Å². The first kappa shape index (κ1) is 20.8. The van der Waals surface area contributed by atoms with Gasteiger partial charge in [0.1, 0.15) is 24.2 Å². The van der Waals surface area contributed by atoms with Gasteiger partial charge >= 0.3 is 0 Å². The van der Waals surface area contributed by atoms with E-state index in [0.717, 1.165) is 56.0 Å². The molecule has 0 spiro atoms. The Morgan fingerprint density at radius 3 is 2.23 bits per heavy atom. The van der Waals surface area contributed by atoms with E-state index in [1.165, 1.54) is 11.1 Å². The number of fused-ring (bicyclic) bond motifs is 1. The number of piperidine rings is 1. The summed E-state index contributed by atoms with van der Waals surface area (Å²) in [6.45, 7) is 3.44. The number of likely N-dealkylation sites (tertiary alicyclic amines) is 1. The van der Waals surface area contributed by atoms with Gasteiger partial charge in [-0.1, -0.05) is 18.2 Å². The number of ether oxygens (including phenoxy) is 2. The molecular formula is C23H30N6O2. The average Bonchev–Trinajstić information content (AvgIpc) is 2.78. The van der Waals surface area contributed by atoms with E-state index in [2.05, 4.69) is 12.1 Å². The molecule has 8 nitrogen and oxygen atoms in total. The minimum absolute atomic E-state index is 0.115. The number of rotatable bonds is 5. The number of guanidine groups is 2. The molecule has 4 rings (SSSR count). The number of nitrogens with zero attached hydrogens (tertiary/aromatic N) is 2. The highest BCUT2D eigenvalue weighted by atomic mass is 16.5. The lowest BCUT2D eigenvalue weighted by atomic mass is 10.00. The van der Waals surface area contributed by atoms with Gasteiger partial charge in [-0.15, -0.1) is 0 Å². The predicted molar refractivity (Wildman–Crippen MR) is 120 cm³/mol. The summed E-state index contributed by atoms with van der Waals surface area (Å²) in [5.41, 5.74) is 14.7. The van der Waals surface area contributed by atoms with Crippen molar-refractivity contribution in [2.75, 3.05) is 19.6 Å². The number of hydrogen-bond donors (Lipinski definition) is 4. The average molecular weight is 423 g/mol. The molecule has 0 radical (unpaired) electrons. The van der Waals surface area contributed by atoms with Crippen molar-refractivity contribution in [1.29, 1.82) is 10.8 Å². The maximum atomic E-state index is 7.65. The maximum absolute atomic E-state index is 7.65. The van der Waals surface area contributed by atoms with Crippen LogP contribution in [-0.2, 0) is 19.6 Å². The molecule has 31 heavy (non-hydrogen) atoms. The van der Waals surface area contributed by atoms with Crippen LogP contribution in [0.1, 0.15) is 29.5 Å². The zero-order valence-corrected chi connectivity index (χ0v) is 17.6. The van der Waals surface area contributed by atoms with E-state index in [4.69, 9.17) is 31.8 Å². The smallest absolute Gasteiger partial charge is 0.188 e. The molecule has 0 aromatic heterocycles. The molecule has 2 aliphatic heterocycles. The molecule has 164 valence electrons. The monoisotopic (exact) mass is 422 g/mol. The first-order chi connectivity index (χ1) is 15.0. The van der Waals surface area contributed by atoms with E-state index in [1.54, 1.807) is 0 Å². The summed E-state index contributed by atoms with van der Waals surface area (Å²) in [6.07, 6.45) is 2.78. The van der Waals surface area contributed by atoms with E-state index < -0.39 is 0 Å². The highest BCUT2D eigenvalue weighted by Crippen LogP contribution is 2.25. The van der Waals surface area contributed by atoms with Crippen LogP contribution in [0, 0.1) is 10.8 Å². The molecule has 0 saturated carbocycles. The van der Waals surface area contributed by atoms with Crippen LogP contribution in [0.4, 0.5) is 0 Å². The summed E-state index contributed by atoms with van der Waals surface area (Å²) in [7, 11) is 0. The van der Waals surface area contributed by atoms with E-state index in [1.807, 2.05) is 40.1 Å². The van der Waals surface area contributed by atoms with Crippen molar-refractivity contribution in [3.05, 3.63) is 59.2 Å². The summed E-state index contributed by atoms with van der Waals surface area (Å²) >= 11 is 0. The Bertz CT molecular complexity index is 938. The number of nitrogens with one attached hydrogen (secondary N) is 2. The lowest BCUT2D eigenvalue weighted by Crippen LogP contribution is -2.44. The molecule has 2 heterocycles. The fraction of sp³-hybridized carbons (Fsp3) is 0.391. The van der Waals surface area contributed by atoms with Crippen LogP contribution in [0.25, 0.3) is 0 Å². The van der Waals surface area contributed by atoms with Crippen molar-refractivity contribution in [1.82, 2.24) is 9.80 Å². The zero-order chi connectivity index (χ0) is 21.8. The normalized spacial score (nSPS) is 16.5. The Hall–Kier alpha value is -3.42. The van der Waals surface area contributed by atoms with E-state index in [9.17, 15) is 0 Å².